The number of hydrogen-bond donors (Lipinski definition) is 4. The maximum atomic E-state index is 12.0. The minimum Gasteiger partial charge on any atom is -0.370 e. The van der Waals surface area contributed by atoms with E-state index in [0.717, 1.165) is 11.3 Å². The number of nitriles is 1. The van der Waals surface area contributed by atoms with Crippen molar-refractivity contribution in [1.29, 1.82) is 5.26 Å². The molecule has 7 nitrogen and oxygen atoms in total. The van der Waals surface area contributed by atoms with Crippen molar-refractivity contribution in [3.8, 4) is 6.07 Å². The molecule has 1 aromatic carbocycles. The number of aryl methyl sites for hydroxylation is 1. The number of nitrogens with one attached hydrogen (secondary N) is 3. The fourth-order valence-corrected chi connectivity index (χ4v) is 2.36. The highest BCUT2D eigenvalue weighted by molar-refractivity contribution is 5.92. The molecule has 1 heterocycles. The van der Waals surface area contributed by atoms with Gasteiger partial charge in [-0.15, -0.1) is 0 Å². The Morgan fingerprint density at radius 2 is 2.32 bits per heavy atom. The first-order valence-electron chi connectivity index (χ1n) is 7.10. The molecule has 1 saturated heterocycles. The van der Waals surface area contributed by atoms with Gasteiger partial charge in [-0.2, -0.15) is 5.26 Å². The lowest BCUT2D eigenvalue weighted by Gasteiger charge is -2.32. The van der Waals surface area contributed by atoms with E-state index < -0.39 is 6.29 Å². The minimum atomic E-state index is -0.602. The van der Waals surface area contributed by atoms with Crippen LogP contribution >= 0.6 is 0 Å². The Morgan fingerprint density at radius 3 is 2.95 bits per heavy atom. The first-order valence-corrected chi connectivity index (χ1v) is 7.10. The van der Waals surface area contributed by atoms with Crippen molar-refractivity contribution in [2.45, 2.75) is 32.6 Å². The topological polar surface area (TPSA) is 115 Å². The minimum absolute atomic E-state index is 0.145. The Balaban J connectivity index is 2.01. The SMILES string of the molecule is Cc1cccc(N/C(N)=N/C2NC(=O)C(CC#N)C(C)N2)c1. The summed E-state index contributed by atoms with van der Waals surface area (Å²) in [6, 6.07) is 9.60. The van der Waals surface area contributed by atoms with E-state index in [1.165, 1.54) is 0 Å². The Morgan fingerprint density at radius 1 is 1.55 bits per heavy atom. The molecule has 22 heavy (non-hydrogen) atoms. The molecule has 3 atom stereocenters. The molecule has 1 aliphatic heterocycles. The number of hydrogen-bond acceptors (Lipinski definition) is 4. The van der Waals surface area contributed by atoms with E-state index in [1.54, 1.807) is 0 Å². The number of aliphatic imine (C=N–C) groups is 1. The van der Waals surface area contributed by atoms with E-state index >= 15 is 0 Å². The second-order valence-electron chi connectivity index (χ2n) is 5.34. The number of amides is 1. The second kappa shape index (κ2) is 6.91. The van der Waals surface area contributed by atoms with Crippen LogP contribution < -0.4 is 21.7 Å². The van der Waals surface area contributed by atoms with E-state index in [9.17, 15) is 4.79 Å². The maximum Gasteiger partial charge on any atom is 0.228 e. The van der Waals surface area contributed by atoms with Gasteiger partial charge in [-0.3, -0.25) is 10.1 Å². The lowest BCUT2D eigenvalue weighted by Crippen LogP contribution is -2.60. The Bertz CT molecular complexity index is 621. The van der Waals surface area contributed by atoms with Gasteiger partial charge >= 0.3 is 0 Å². The van der Waals surface area contributed by atoms with Crippen LogP contribution in [0.3, 0.4) is 0 Å². The Hall–Kier alpha value is -2.59. The van der Waals surface area contributed by atoms with Crippen molar-refractivity contribution in [3.63, 3.8) is 0 Å². The predicted molar refractivity (Wildman–Crippen MR) is 84.7 cm³/mol. The van der Waals surface area contributed by atoms with Crippen LogP contribution in [-0.2, 0) is 4.79 Å². The van der Waals surface area contributed by atoms with Gasteiger partial charge in [0.25, 0.3) is 0 Å². The van der Waals surface area contributed by atoms with Gasteiger partial charge in [0.15, 0.2) is 12.2 Å². The number of guanidine groups is 1. The second-order valence-corrected chi connectivity index (χ2v) is 5.34. The smallest absolute Gasteiger partial charge is 0.228 e. The fourth-order valence-electron chi connectivity index (χ4n) is 2.36. The molecule has 0 bridgehead atoms. The third-order valence-electron chi connectivity index (χ3n) is 3.51. The first kappa shape index (κ1) is 15.8. The van der Waals surface area contributed by atoms with Gasteiger partial charge in [-0.25, -0.2) is 4.99 Å². The van der Waals surface area contributed by atoms with Gasteiger partial charge < -0.3 is 16.4 Å². The lowest BCUT2D eigenvalue weighted by atomic mass is 9.95. The van der Waals surface area contributed by atoms with Gasteiger partial charge in [0.05, 0.1) is 12.0 Å². The highest BCUT2D eigenvalue weighted by atomic mass is 16.2. The number of rotatable bonds is 3. The van der Waals surface area contributed by atoms with E-state index in [0.29, 0.717) is 0 Å². The zero-order valence-electron chi connectivity index (χ0n) is 12.6. The zero-order chi connectivity index (χ0) is 16.1. The average Bonchev–Trinajstić information content (AvgIpc) is 2.42. The number of carbonyl (C=O) groups excluding carboxylic acids is 1. The summed E-state index contributed by atoms with van der Waals surface area (Å²) < 4.78 is 0. The molecule has 0 aromatic heterocycles. The summed E-state index contributed by atoms with van der Waals surface area (Å²) in [6.07, 6.45) is -0.428. The number of anilines is 1. The van der Waals surface area contributed by atoms with Crippen molar-refractivity contribution in [2.24, 2.45) is 16.6 Å². The summed E-state index contributed by atoms with van der Waals surface area (Å²) in [5.74, 6) is -0.360. The zero-order valence-corrected chi connectivity index (χ0v) is 12.6. The van der Waals surface area contributed by atoms with Crippen molar-refractivity contribution in [1.82, 2.24) is 10.6 Å². The molecule has 0 aliphatic carbocycles. The number of carbonyl (C=O) groups is 1. The van der Waals surface area contributed by atoms with Crippen LogP contribution in [0.5, 0.6) is 0 Å². The molecule has 0 radical (unpaired) electrons. The van der Waals surface area contributed by atoms with E-state index in [4.69, 9.17) is 11.0 Å². The Kier molecular flexibility index (Phi) is 4.96. The lowest BCUT2D eigenvalue weighted by molar-refractivity contribution is -0.129. The van der Waals surface area contributed by atoms with Gasteiger partial charge in [-0.1, -0.05) is 12.1 Å². The van der Waals surface area contributed by atoms with Crippen LogP contribution in [0.15, 0.2) is 29.3 Å². The molecule has 0 saturated carbocycles. The number of nitrogens with zero attached hydrogens (tertiary/aromatic N) is 2. The van der Waals surface area contributed by atoms with Gasteiger partial charge in [0.1, 0.15) is 0 Å². The van der Waals surface area contributed by atoms with Crippen LogP contribution in [0.1, 0.15) is 18.9 Å². The van der Waals surface area contributed by atoms with Gasteiger partial charge in [-0.05, 0) is 31.5 Å². The third kappa shape index (κ3) is 3.96. The summed E-state index contributed by atoms with van der Waals surface area (Å²) >= 11 is 0. The maximum absolute atomic E-state index is 12.0. The molecule has 1 fully saturated rings. The average molecular weight is 300 g/mol. The summed E-state index contributed by atoms with van der Waals surface area (Å²) in [5.41, 5.74) is 7.80. The van der Waals surface area contributed by atoms with Gasteiger partial charge in [0.2, 0.25) is 5.91 Å². The van der Waals surface area contributed by atoms with Crippen LogP contribution in [0.4, 0.5) is 5.69 Å². The Labute approximate surface area is 129 Å². The predicted octanol–water partition coefficient (Wildman–Crippen LogP) is 0.643. The molecule has 5 N–H and O–H groups in total. The molecule has 116 valence electrons. The summed E-state index contributed by atoms with van der Waals surface area (Å²) in [4.78, 5) is 16.2. The molecule has 7 heteroatoms. The standard InChI is InChI=1S/C15H20N6O/c1-9-4-3-5-11(8-9)19-14(17)21-15-18-10(2)12(6-7-16)13(22)20-15/h3-5,8,10,12,15,18H,6H2,1-2H3,(H,20,22)(H3,17,19,21). The van der Waals surface area contributed by atoms with Crippen LogP contribution in [-0.4, -0.2) is 24.2 Å². The first-order chi connectivity index (χ1) is 10.5. The van der Waals surface area contributed by atoms with E-state index in [1.807, 2.05) is 44.2 Å². The van der Waals surface area contributed by atoms with E-state index in [-0.39, 0.29) is 30.2 Å². The number of nitrogens with two attached hydrogens (primary N) is 1. The van der Waals surface area contributed by atoms with Crippen molar-refractivity contribution < 1.29 is 4.79 Å². The highest BCUT2D eigenvalue weighted by Crippen LogP contribution is 2.14. The molecule has 2 rings (SSSR count). The molecular weight excluding hydrogens is 280 g/mol. The number of benzene rings is 1. The van der Waals surface area contributed by atoms with Crippen molar-refractivity contribution in [2.75, 3.05) is 5.32 Å². The summed E-state index contributed by atoms with van der Waals surface area (Å²) in [7, 11) is 0. The highest BCUT2D eigenvalue weighted by Gasteiger charge is 2.33. The molecule has 0 spiro atoms. The molecule has 1 amide bonds. The normalized spacial score (nSPS) is 25.2. The third-order valence-corrected chi connectivity index (χ3v) is 3.51. The van der Waals surface area contributed by atoms with Crippen LogP contribution in [0.25, 0.3) is 0 Å². The van der Waals surface area contributed by atoms with Crippen LogP contribution in [0, 0.1) is 24.2 Å². The quantitative estimate of drug-likeness (QED) is 0.483. The monoisotopic (exact) mass is 300 g/mol. The largest absolute Gasteiger partial charge is 0.370 e. The fraction of sp³-hybridized carbons (Fsp3) is 0.400. The molecule has 1 aliphatic rings. The van der Waals surface area contributed by atoms with E-state index in [2.05, 4.69) is 20.9 Å². The van der Waals surface area contributed by atoms with Crippen LogP contribution in [0.2, 0.25) is 0 Å². The van der Waals surface area contributed by atoms with Crippen molar-refractivity contribution in [3.05, 3.63) is 29.8 Å². The molecule has 1 aromatic rings. The molecular formula is C15H20N6O. The summed E-state index contributed by atoms with van der Waals surface area (Å²) in [6.45, 7) is 3.84. The van der Waals surface area contributed by atoms with Crippen molar-refractivity contribution >= 4 is 17.6 Å². The summed E-state index contributed by atoms with van der Waals surface area (Å²) in [5, 5.41) is 17.5. The molecule has 3 unspecified atom stereocenters. The van der Waals surface area contributed by atoms with Gasteiger partial charge in [0, 0.05) is 18.2 Å².